The molecular weight excluding hydrogens is 110 g/mol. The Balaban J connectivity index is 2.36. The van der Waals surface area contributed by atoms with E-state index in [1.165, 1.54) is 11.9 Å². The molecule has 0 spiro atoms. The quantitative estimate of drug-likeness (QED) is 0.468. The molecule has 0 saturated heterocycles. The molecule has 0 saturated carbocycles. The minimum atomic E-state index is -0.277. The van der Waals surface area contributed by atoms with E-state index in [9.17, 15) is 0 Å². The van der Waals surface area contributed by atoms with Crippen molar-refractivity contribution in [1.82, 2.24) is 0 Å². The molecule has 7 heavy (non-hydrogen) atoms. The SMILES string of the molecule is OC1C=NSCC1. The number of aliphatic hydroxyl groups excluding tert-OH is 1. The van der Waals surface area contributed by atoms with Crippen LogP contribution >= 0.6 is 11.9 Å². The summed E-state index contributed by atoms with van der Waals surface area (Å²) in [5.41, 5.74) is 0. The molecule has 1 heterocycles. The molecule has 0 amide bonds. The van der Waals surface area contributed by atoms with Crippen LogP contribution in [0.15, 0.2) is 4.40 Å². The van der Waals surface area contributed by atoms with Crippen molar-refractivity contribution in [3.8, 4) is 0 Å². The Morgan fingerprint density at radius 3 is 3.00 bits per heavy atom. The molecule has 0 fully saturated rings. The summed E-state index contributed by atoms with van der Waals surface area (Å²) in [6, 6.07) is 0. The fourth-order valence-corrected chi connectivity index (χ4v) is 1.09. The van der Waals surface area contributed by atoms with Crippen LogP contribution in [-0.2, 0) is 0 Å². The van der Waals surface area contributed by atoms with Crippen LogP contribution in [0.1, 0.15) is 6.42 Å². The van der Waals surface area contributed by atoms with E-state index < -0.39 is 0 Å². The minimum Gasteiger partial charge on any atom is -0.387 e. The molecule has 1 aliphatic heterocycles. The highest BCUT2D eigenvalue weighted by Crippen LogP contribution is 2.09. The van der Waals surface area contributed by atoms with Gasteiger partial charge in [-0.2, -0.15) is 0 Å². The monoisotopic (exact) mass is 117 g/mol. The van der Waals surface area contributed by atoms with Crippen LogP contribution in [-0.4, -0.2) is 23.2 Å². The van der Waals surface area contributed by atoms with Crippen LogP contribution in [0.2, 0.25) is 0 Å². The van der Waals surface area contributed by atoms with Gasteiger partial charge in [0, 0.05) is 12.0 Å². The average Bonchev–Trinajstić information content (AvgIpc) is 1.69. The second-order valence-corrected chi connectivity index (χ2v) is 2.32. The first kappa shape index (κ1) is 5.12. The summed E-state index contributed by atoms with van der Waals surface area (Å²) in [7, 11) is 0. The molecule has 0 aromatic heterocycles. The largest absolute Gasteiger partial charge is 0.387 e. The molecular formula is C4H7NOS. The van der Waals surface area contributed by atoms with E-state index in [2.05, 4.69) is 4.40 Å². The lowest BCUT2D eigenvalue weighted by Crippen LogP contribution is -2.11. The predicted molar refractivity (Wildman–Crippen MR) is 31.6 cm³/mol. The molecule has 3 heteroatoms. The first-order valence-electron chi connectivity index (χ1n) is 2.23. The lowest BCUT2D eigenvalue weighted by Gasteiger charge is -2.05. The van der Waals surface area contributed by atoms with Crippen molar-refractivity contribution in [1.29, 1.82) is 0 Å². The molecule has 1 N–H and O–H groups in total. The molecule has 2 nitrogen and oxygen atoms in total. The van der Waals surface area contributed by atoms with E-state index in [4.69, 9.17) is 5.11 Å². The molecule has 0 radical (unpaired) electrons. The van der Waals surface area contributed by atoms with Gasteiger partial charge in [-0.15, -0.1) is 0 Å². The predicted octanol–water partition coefficient (Wildman–Crippen LogP) is 0.470. The fourth-order valence-electron chi connectivity index (χ4n) is 0.414. The molecule has 1 rings (SSSR count). The maximum absolute atomic E-state index is 8.75. The van der Waals surface area contributed by atoms with Gasteiger partial charge in [0.15, 0.2) is 0 Å². The summed E-state index contributed by atoms with van der Waals surface area (Å²) in [5, 5.41) is 8.75. The zero-order chi connectivity index (χ0) is 5.11. The molecule has 40 valence electrons. The van der Waals surface area contributed by atoms with Crippen LogP contribution in [0.5, 0.6) is 0 Å². The number of aliphatic hydroxyl groups is 1. The van der Waals surface area contributed by atoms with Gasteiger partial charge in [-0.05, 0) is 18.4 Å². The second-order valence-electron chi connectivity index (χ2n) is 1.44. The van der Waals surface area contributed by atoms with Crippen molar-refractivity contribution in [2.24, 2.45) is 4.40 Å². The molecule has 0 aliphatic carbocycles. The highest BCUT2D eigenvalue weighted by Gasteiger charge is 2.02. The maximum Gasteiger partial charge on any atom is 0.0906 e. The van der Waals surface area contributed by atoms with E-state index in [0.717, 1.165) is 12.2 Å². The van der Waals surface area contributed by atoms with E-state index in [-0.39, 0.29) is 6.10 Å². The number of hydrogen-bond donors (Lipinski definition) is 1. The lowest BCUT2D eigenvalue weighted by atomic mass is 10.3. The summed E-state index contributed by atoms with van der Waals surface area (Å²) < 4.78 is 3.80. The van der Waals surface area contributed by atoms with Gasteiger partial charge >= 0.3 is 0 Å². The Bertz CT molecular complexity index is 83.8. The summed E-state index contributed by atoms with van der Waals surface area (Å²) in [6.07, 6.45) is 2.16. The van der Waals surface area contributed by atoms with Crippen molar-refractivity contribution < 1.29 is 5.11 Å². The van der Waals surface area contributed by atoms with E-state index >= 15 is 0 Å². The maximum atomic E-state index is 8.75. The molecule has 0 aromatic rings. The minimum absolute atomic E-state index is 0.277. The van der Waals surface area contributed by atoms with Crippen LogP contribution in [0.3, 0.4) is 0 Å². The van der Waals surface area contributed by atoms with Crippen molar-refractivity contribution in [3.63, 3.8) is 0 Å². The summed E-state index contributed by atoms with van der Waals surface area (Å²) in [4.78, 5) is 0. The zero-order valence-corrected chi connectivity index (χ0v) is 4.69. The van der Waals surface area contributed by atoms with Gasteiger partial charge in [-0.25, -0.2) is 4.40 Å². The van der Waals surface area contributed by atoms with E-state index in [0.29, 0.717) is 0 Å². The second kappa shape index (κ2) is 2.33. The van der Waals surface area contributed by atoms with Crippen molar-refractivity contribution in [2.75, 3.05) is 5.75 Å². The van der Waals surface area contributed by atoms with Gasteiger partial charge in [0.1, 0.15) is 0 Å². The fraction of sp³-hybridized carbons (Fsp3) is 0.750. The number of nitrogens with zero attached hydrogens (tertiary/aromatic N) is 1. The summed E-state index contributed by atoms with van der Waals surface area (Å²) in [5.74, 6) is 0.956. The molecule has 1 aliphatic rings. The van der Waals surface area contributed by atoms with Gasteiger partial charge in [0.25, 0.3) is 0 Å². The third-order valence-corrected chi connectivity index (χ3v) is 1.50. The third-order valence-electron chi connectivity index (χ3n) is 0.812. The van der Waals surface area contributed by atoms with E-state index in [1.807, 2.05) is 0 Å². The highest BCUT2D eigenvalue weighted by molar-refractivity contribution is 7.98. The summed E-state index contributed by atoms with van der Waals surface area (Å²) in [6.45, 7) is 0. The first-order chi connectivity index (χ1) is 3.39. The van der Waals surface area contributed by atoms with Crippen molar-refractivity contribution >= 4 is 18.2 Å². The molecule has 1 atom stereocenters. The number of rotatable bonds is 0. The van der Waals surface area contributed by atoms with Gasteiger partial charge < -0.3 is 5.11 Å². The smallest absolute Gasteiger partial charge is 0.0906 e. The van der Waals surface area contributed by atoms with Gasteiger partial charge in [-0.1, -0.05) is 0 Å². The summed E-state index contributed by atoms with van der Waals surface area (Å²) >= 11 is 1.51. The van der Waals surface area contributed by atoms with Crippen molar-refractivity contribution in [2.45, 2.75) is 12.5 Å². The number of hydrogen-bond acceptors (Lipinski definition) is 3. The molecule has 0 aromatic carbocycles. The normalized spacial score (nSPS) is 30.7. The Morgan fingerprint density at radius 2 is 2.71 bits per heavy atom. The van der Waals surface area contributed by atoms with Gasteiger partial charge in [0.05, 0.1) is 6.10 Å². The first-order valence-corrected chi connectivity index (χ1v) is 3.17. The van der Waals surface area contributed by atoms with Crippen molar-refractivity contribution in [3.05, 3.63) is 0 Å². The van der Waals surface area contributed by atoms with Crippen LogP contribution in [0.4, 0.5) is 0 Å². The lowest BCUT2D eigenvalue weighted by molar-refractivity contribution is 0.243. The standard InChI is InChI=1S/C4H7NOS/c6-4-1-2-7-5-3-4/h3-4,6H,1-2H2. The van der Waals surface area contributed by atoms with Crippen LogP contribution in [0, 0.1) is 0 Å². The third kappa shape index (κ3) is 1.49. The zero-order valence-electron chi connectivity index (χ0n) is 3.87. The Kier molecular flexibility index (Phi) is 1.70. The van der Waals surface area contributed by atoms with E-state index in [1.54, 1.807) is 6.21 Å². The Hall–Kier alpha value is -0.0200. The Morgan fingerprint density at radius 1 is 1.86 bits per heavy atom. The Labute approximate surface area is 46.8 Å². The molecule has 0 bridgehead atoms. The highest BCUT2D eigenvalue weighted by atomic mass is 32.2. The molecule has 1 unspecified atom stereocenters. The van der Waals surface area contributed by atoms with Crippen LogP contribution < -0.4 is 0 Å². The average molecular weight is 117 g/mol. The van der Waals surface area contributed by atoms with Gasteiger partial charge in [0.2, 0.25) is 0 Å². The topological polar surface area (TPSA) is 32.6 Å². The van der Waals surface area contributed by atoms with Crippen LogP contribution in [0.25, 0.3) is 0 Å². The van der Waals surface area contributed by atoms with Gasteiger partial charge in [-0.3, -0.25) is 0 Å².